The molecule has 0 bridgehead atoms. The van der Waals surface area contributed by atoms with E-state index in [4.69, 9.17) is 4.74 Å². The van der Waals surface area contributed by atoms with Crippen LogP contribution in [0.4, 0.5) is 0 Å². The van der Waals surface area contributed by atoms with Gasteiger partial charge in [-0.3, -0.25) is 4.79 Å². The number of pyridine rings is 1. The number of hydrogen-bond donors (Lipinski definition) is 0. The third-order valence-corrected chi connectivity index (χ3v) is 3.10. The van der Waals surface area contributed by atoms with Crippen molar-refractivity contribution in [1.82, 2.24) is 14.8 Å². The SMILES string of the molecule is O=Cc1cn(-c2ccccn2)nc1C1CCOC1. The molecule has 3 heterocycles. The molecule has 0 aliphatic carbocycles. The highest BCUT2D eigenvalue weighted by atomic mass is 16.5. The number of nitrogens with zero attached hydrogens (tertiary/aromatic N) is 3. The lowest BCUT2D eigenvalue weighted by Gasteiger charge is -2.03. The molecule has 2 aromatic heterocycles. The molecule has 1 atom stereocenters. The van der Waals surface area contributed by atoms with Crippen LogP contribution in [0.2, 0.25) is 0 Å². The molecule has 1 saturated heterocycles. The minimum absolute atomic E-state index is 0.218. The van der Waals surface area contributed by atoms with Crippen LogP contribution in [-0.4, -0.2) is 34.3 Å². The second-order valence-electron chi connectivity index (χ2n) is 4.28. The average molecular weight is 243 g/mol. The van der Waals surface area contributed by atoms with E-state index in [-0.39, 0.29) is 5.92 Å². The van der Waals surface area contributed by atoms with Gasteiger partial charge in [0, 0.05) is 24.9 Å². The van der Waals surface area contributed by atoms with Crippen LogP contribution < -0.4 is 0 Å². The van der Waals surface area contributed by atoms with E-state index in [0.717, 1.165) is 25.0 Å². The first-order valence-electron chi connectivity index (χ1n) is 5.92. The van der Waals surface area contributed by atoms with Crippen molar-refractivity contribution in [1.29, 1.82) is 0 Å². The fourth-order valence-electron chi connectivity index (χ4n) is 2.17. The maximum Gasteiger partial charge on any atom is 0.153 e. The fourth-order valence-corrected chi connectivity index (χ4v) is 2.17. The Hall–Kier alpha value is -2.01. The van der Waals surface area contributed by atoms with Gasteiger partial charge in [0.15, 0.2) is 12.1 Å². The van der Waals surface area contributed by atoms with Crippen molar-refractivity contribution in [2.45, 2.75) is 12.3 Å². The lowest BCUT2D eigenvalue weighted by molar-refractivity contribution is 0.112. The van der Waals surface area contributed by atoms with Crippen molar-refractivity contribution in [2.75, 3.05) is 13.2 Å². The number of carbonyl (C=O) groups is 1. The zero-order valence-corrected chi connectivity index (χ0v) is 9.82. The molecule has 0 N–H and O–H groups in total. The van der Waals surface area contributed by atoms with Gasteiger partial charge in [0.1, 0.15) is 0 Å². The monoisotopic (exact) mass is 243 g/mol. The number of rotatable bonds is 3. The summed E-state index contributed by atoms with van der Waals surface area (Å²) in [6.45, 7) is 1.37. The Morgan fingerprint density at radius 1 is 1.44 bits per heavy atom. The second-order valence-corrected chi connectivity index (χ2v) is 4.28. The zero-order valence-electron chi connectivity index (χ0n) is 9.82. The van der Waals surface area contributed by atoms with Gasteiger partial charge in [0.25, 0.3) is 0 Å². The second kappa shape index (κ2) is 4.70. The number of hydrogen-bond acceptors (Lipinski definition) is 4. The average Bonchev–Trinajstić information content (AvgIpc) is 3.08. The Morgan fingerprint density at radius 2 is 2.39 bits per heavy atom. The van der Waals surface area contributed by atoms with E-state index in [1.54, 1.807) is 17.1 Å². The summed E-state index contributed by atoms with van der Waals surface area (Å²) in [4.78, 5) is 15.3. The molecule has 0 saturated carbocycles. The molecule has 1 aliphatic rings. The molecule has 0 aromatic carbocycles. The highest BCUT2D eigenvalue weighted by molar-refractivity contribution is 5.76. The van der Waals surface area contributed by atoms with E-state index in [1.165, 1.54) is 0 Å². The first-order valence-corrected chi connectivity index (χ1v) is 5.92. The summed E-state index contributed by atoms with van der Waals surface area (Å²) < 4.78 is 7.00. The van der Waals surface area contributed by atoms with Crippen molar-refractivity contribution >= 4 is 6.29 Å². The van der Waals surface area contributed by atoms with Crippen LogP contribution in [0, 0.1) is 0 Å². The Kier molecular flexibility index (Phi) is 2.90. The van der Waals surface area contributed by atoms with E-state index in [9.17, 15) is 4.79 Å². The van der Waals surface area contributed by atoms with Gasteiger partial charge in [0.05, 0.1) is 17.9 Å². The third kappa shape index (κ3) is 1.93. The molecule has 1 fully saturated rings. The zero-order chi connectivity index (χ0) is 12.4. The van der Waals surface area contributed by atoms with Gasteiger partial charge in [0.2, 0.25) is 0 Å². The minimum atomic E-state index is 0.218. The largest absolute Gasteiger partial charge is 0.381 e. The van der Waals surface area contributed by atoms with E-state index in [2.05, 4.69) is 10.1 Å². The lowest BCUT2D eigenvalue weighted by atomic mass is 10.0. The summed E-state index contributed by atoms with van der Waals surface area (Å²) in [5, 5.41) is 4.48. The summed E-state index contributed by atoms with van der Waals surface area (Å²) in [5.74, 6) is 0.931. The van der Waals surface area contributed by atoms with Crippen molar-refractivity contribution in [3.63, 3.8) is 0 Å². The predicted octanol–water partition coefficient (Wildman–Crippen LogP) is 1.58. The molecule has 92 valence electrons. The van der Waals surface area contributed by atoms with Crippen molar-refractivity contribution < 1.29 is 9.53 Å². The lowest BCUT2D eigenvalue weighted by Crippen LogP contribution is -2.03. The number of aldehydes is 1. The molecule has 18 heavy (non-hydrogen) atoms. The van der Waals surface area contributed by atoms with E-state index < -0.39 is 0 Å². The minimum Gasteiger partial charge on any atom is -0.381 e. The summed E-state index contributed by atoms with van der Waals surface area (Å²) in [6.07, 6.45) is 5.19. The maximum absolute atomic E-state index is 11.1. The molecule has 0 spiro atoms. The van der Waals surface area contributed by atoms with Gasteiger partial charge < -0.3 is 4.74 Å². The number of aromatic nitrogens is 3. The molecule has 2 aromatic rings. The molecule has 0 amide bonds. The maximum atomic E-state index is 11.1. The Morgan fingerprint density at radius 3 is 3.06 bits per heavy atom. The van der Waals surface area contributed by atoms with Gasteiger partial charge >= 0.3 is 0 Å². The first-order chi connectivity index (χ1) is 8.88. The highest BCUT2D eigenvalue weighted by Crippen LogP contribution is 2.26. The predicted molar refractivity (Wildman–Crippen MR) is 64.9 cm³/mol. The Bertz CT molecular complexity index is 545. The van der Waals surface area contributed by atoms with Gasteiger partial charge in [-0.25, -0.2) is 9.67 Å². The highest BCUT2D eigenvalue weighted by Gasteiger charge is 2.24. The standard InChI is InChI=1S/C13H13N3O2/c17-8-11-7-16(12-3-1-2-5-14-12)15-13(11)10-4-6-18-9-10/h1-3,5,7-8,10H,4,6,9H2. The summed E-state index contributed by atoms with van der Waals surface area (Å²) in [7, 11) is 0. The molecule has 1 unspecified atom stereocenters. The molecule has 3 rings (SSSR count). The Balaban J connectivity index is 2.00. The van der Waals surface area contributed by atoms with Crippen LogP contribution in [0.25, 0.3) is 5.82 Å². The van der Waals surface area contributed by atoms with Crippen LogP contribution in [-0.2, 0) is 4.74 Å². The van der Waals surface area contributed by atoms with Crippen LogP contribution >= 0.6 is 0 Å². The van der Waals surface area contributed by atoms with Crippen LogP contribution in [0.1, 0.15) is 28.4 Å². The smallest absolute Gasteiger partial charge is 0.153 e. The van der Waals surface area contributed by atoms with Crippen molar-refractivity contribution in [3.8, 4) is 5.82 Å². The summed E-state index contributed by atoms with van der Waals surface area (Å²) in [5.41, 5.74) is 1.43. The van der Waals surface area contributed by atoms with Crippen LogP contribution in [0.3, 0.4) is 0 Å². The van der Waals surface area contributed by atoms with Gasteiger partial charge in [-0.1, -0.05) is 6.07 Å². The van der Waals surface area contributed by atoms with Crippen LogP contribution in [0.15, 0.2) is 30.6 Å². The molecule has 5 heteroatoms. The quantitative estimate of drug-likeness (QED) is 0.768. The molecule has 1 aliphatic heterocycles. The van der Waals surface area contributed by atoms with Gasteiger partial charge in [-0.2, -0.15) is 5.10 Å². The van der Waals surface area contributed by atoms with Gasteiger partial charge in [-0.15, -0.1) is 0 Å². The van der Waals surface area contributed by atoms with E-state index >= 15 is 0 Å². The molecular formula is C13H13N3O2. The summed E-state index contributed by atoms with van der Waals surface area (Å²) in [6, 6.07) is 5.60. The number of carbonyl (C=O) groups excluding carboxylic acids is 1. The van der Waals surface area contributed by atoms with Crippen molar-refractivity contribution in [2.24, 2.45) is 0 Å². The fraction of sp³-hybridized carbons (Fsp3) is 0.308. The van der Waals surface area contributed by atoms with Crippen molar-refractivity contribution in [3.05, 3.63) is 41.9 Å². The molecular weight excluding hydrogens is 230 g/mol. The summed E-state index contributed by atoms with van der Waals surface area (Å²) >= 11 is 0. The molecule has 0 radical (unpaired) electrons. The van der Waals surface area contributed by atoms with Crippen LogP contribution in [0.5, 0.6) is 0 Å². The normalized spacial score (nSPS) is 19.0. The third-order valence-electron chi connectivity index (χ3n) is 3.10. The van der Waals surface area contributed by atoms with Gasteiger partial charge in [-0.05, 0) is 18.6 Å². The molecule has 5 nitrogen and oxygen atoms in total. The van der Waals surface area contributed by atoms with E-state index in [1.807, 2.05) is 18.2 Å². The topological polar surface area (TPSA) is 57.0 Å². The van der Waals surface area contributed by atoms with E-state index in [0.29, 0.717) is 18.0 Å². The Labute approximate surface area is 104 Å². The number of ether oxygens (including phenoxy) is 1. The first kappa shape index (κ1) is 11.1.